The normalized spacial score (nSPS) is 13.0. The molecular weight excluding hydrogens is 360 g/mol. The van der Waals surface area contributed by atoms with E-state index in [9.17, 15) is 0 Å². The van der Waals surface area contributed by atoms with Crippen LogP contribution in [0.25, 0.3) is 10.8 Å². The van der Waals surface area contributed by atoms with Crippen LogP contribution in [-0.4, -0.2) is 23.6 Å². The number of nitrogens with zero attached hydrogens (tertiary/aromatic N) is 3. The number of aliphatic imine (C=N–C) groups is 1. The van der Waals surface area contributed by atoms with Crippen LogP contribution in [0.3, 0.4) is 0 Å². The minimum Gasteiger partial charge on any atom is -0.497 e. The van der Waals surface area contributed by atoms with Gasteiger partial charge in [-0.15, -0.1) is 0 Å². The van der Waals surface area contributed by atoms with Crippen molar-refractivity contribution in [3.63, 3.8) is 0 Å². The van der Waals surface area contributed by atoms with Crippen LogP contribution in [0.15, 0.2) is 95.3 Å². The standard InChI is InChI=1S/C24H18N4O/c1-29-19-11-8-17(9-12-19)24-26-23-20-7-3-2-5-16(20)10-13-21(23)22(27-28-24)18-6-4-14-25-15-18/h2-15H,1H3,(H,26,28). The molecule has 0 atom stereocenters. The third-order valence-electron chi connectivity index (χ3n) is 4.95. The molecule has 0 saturated carbocycles. The maximum absolute atomic E-state index is 5.28. The van der Waals surface area contributed by atoms with E-state index < -0.39 is 0 Å². The van der Waals surface area contributed by atoms with Crippen LogP contribution in [0.4, 0.5) is 5.69 Å². The van der Waals surface area contributed by atoms with Gasteiger partial charge in [0, 0.05) is 34.5 Å². The number of hydrogen-bond donors (Lipinski definition) is 1. The molecule has 0 radical (unpaired) electrons. The second-order valence-electron chi connectivity index (χ2n) is 6.69. The van der Waals surface area contributed by atoms with Crippen LogP contribution < -0.4 is 10.2 Å². The molecule has 140 valence electrons. The Balaban J connectivity index is 1.74. The van der Waals surface area contributed by atoms with Crippen LogP contribution in [0.2, 0.25) is 0 Å². The summed E-state index contributed by atoms with van der Waals surface area (Å²) >= 11 is 0. The van der Waals surface area contributed by atoms with E-state index in [1.54, 1.807) is 13.3 Å². The van der Waals surface area contributed by atoms with Crippen LogP contribution in [0.5, 0.6) is 5.75 Å². The number of ether oxygens (including phenoxy) is 1. The Labute approximate surface area is 168 Å². The fourth-order valence-electron chi connectivity index (χ4n) is 3.47. The highest BCUT2D eigenvalue weighted by Crippen LogP contribution is 2.33. The summed E-state index contributed by atoms with van der Waals surface area (Å²) in [6.45, 7) is 0. The Morgan fingerprint density at radius 2 is 1.69 bits per heavy atom. The van der Waals surface area contributed by atoms with Crippen molar-refractivity contribution in [1.29, 1.82) is 0 Å². The van der Waals surface area contributed by atoms with Crippen molar-refractivity contribution in [1.82, 2.24) is 10.4 Å². The molecule has 0 bridgehead atoms. The number of hydrogen-bond acceptors (Lipinski definition) is 5. The quantitative estimate of drug-likeness (QED) is 0.563. The molecule has 0 fully saturated rings. The molecule has 4 aromatic rings. The first-order chi connectivity index (χ1) is 14.3. The molecule has 3 aromatic carbocycles. The number of hydrazone groups is 1. The van der Waals surface area contributed by atoms with Gasteiger partial charge in [-0.2, -0.15) is 5.10 Å². The number of methoxy groups -OCH3 is 1. The molecule has 2 heterocycles. The van der Waals surface area contributed by atoms with Gasteiger partial charge in [-0.1, -0.05) is 30.3 Å². The monoisotopic (exact) mass is 378 g/mol. The van der Waals surface area contributed by atoms with Crippen molar-refractivity contribution in [2.45, 2.75) is 0 Å². The molecule has 1 aliphatic heterocycles. The Bertz CT molecular complexity index is 1250. The van der Waals surface area contributed by atoms with Crippen molar-refractivity contribution >= 4 is 28.0 Å². The molecule has 5 rings (SSSR count). The van der Waals surface area contributed by atoms with Gasteiger partial charge in [-0.05, 0) is 47.9 Å². The van der Waals surface area contributed by atoms with Gasteiger partial charge in [-0.3, -0.25) is 10.4 Å². The molecule has 0 spiro atoms. The zero-order chi connectivity index (χ0) is 19.6. The molecule has 0 saturated heterocycles. The fourth-order valence-corrected chi connectivity index (χ4v) is 3.47. The summed E-state index contributed by atoms with van der Waals surface area (Å²) < 4.78 is 5.28. The van der Waals surface area contributed by atoms with E-state index in [-0.39, 0.29) is 0 Å². The Hall–Kier alpha value is -3.99. The number of rotatable bonds is 3. The number of fused-ring (bicyclic) bond motifs is 3. The number of aromatic nitrogens is 1. The van der Waals surface area contributed by atoms with Crippen molar-refractivity contribution in [2.24, 2.45) is 10.1 Å². The van der Waals surface area contributed by atoms with E-state index in [1.807, 2.05) is 54.7 Å². The summed E-state index contributed by atoms with van der Waals surface area (Å²) in [4.78, 5) is 9.26. The van der Waals surface area contributed by atoms with Gasteiger partial charge >= 0.3 is 0 Å². The minimum atomic E-state index is 0.684. The maximum Gasteiger partial charge on any atom is 0.154 e. The highest BCUT2D eigenvalue weighted by Gasteiger charge is 2.19. The number of nitrogens with one attached hydrogen (secondary N) is 1. The molecule has 0 unspecified atom stereocenters. The van der Waals surface area contributed by atoms with Crippen LogP contribution in [0, 0.1) is 0 Å². The van der Waals surface area contributed by atoms with Gasteiger partial charge in [0.15, 0.2) is 5.84 Å². The van der Waals surface area contributed by atoms with E-state index in [2.05, 4.69) is 34.7 Å². The summed E-state index contributed by atoms with van der Waals surface area (Å²) in [5, 5.41) is 6.92. The Morgan fingerprint density at radius 1 is 0.828 bits per heavy atom. The van der Waals surface area contributed by atoms with Gasteiger partial charge in [0.25, 0.3) is 0 Å². The van der Waals surface area contributed by atoms with Crippen molar-refractivity contribution in [2.75, 3.05) is 7.11 Å². The van der Waals surface area contributed by atoms with Crippen molar-refractivity contribution < 1.29 is 4.74 Å². The molecule has 5 heteroatoms. The topological polar surface area (TPSA) is 58.9 Å². The maximum atomic E-state index is 5.28. The zero-order valence-corrected chi connectivity index (χ0v) is 15.8. The molecule has 1 aliphatic rings. The van der Waals surface area contributed by atoms with E-state index >= 15 is 0 Å². The number of amidine groups is 1. The fraction of sp³-hybridized carbons (Fsp3) is 0.0417. The van der Waals surface area contributed by atoms with Crippen molar-refractivity contribution in [3.8, 4) is 5.75 Å². The van der Waals surface area contributed by atoms with Gasteiger partial charge < -0.3 is 4.74 Å². The van der Waals surface area contributed by atoms with Crippen LogP contribution >= 0.6 is 0 Å². The second kappa shape index (κ2) is 7.20. The van der Waals surface area contributed by atoms with E-state index in [4.69, 9.17) is 14.8 Å². The Morgan fingerprint density at radius 3 is 2.48 bits per heavy atom. The summed E-state index contributed by atoms with van der Waals surface area (Å²) in [5.74, 6) is 1.48. The third kappa shape index (κ3) is 3.12. The lowest BCUT2D eigenvalue weighted by Gasteiger charge is -2.10. The van der Waals surface area contributed by atoms with Crippen molar-refractivity contribution in [3.05, 3.63) is 102 Å². The first kappa shape index (κ1) is 17.1. The average Bonchev–Trinajstić information content (AvgIpc) is 3.00. The SMILES string of the molecule is COc1ccc(C2=Nc3c(ccc4ccccc34)C(c3cccnc3)=NN2)cc1. The number of benzene rings is 3. The number of pyridine rings is 1. The lowest BCUT2D eigenvalue weighted by Crippen LogP contribution is -2.19. The van der Waals surface area contributed by atoms with Gasteiger partial charge in [0.2, 0.25) is 0 Å². The third-order valence-corrected chi connectivity index (χ3v) is 4.95. The second-order valence-corrected chi connectivity index (χ2v) is 6.69. The van der Waals surface area contributed by atoms with Crippen LogP contribution in [0.1, 0.15) is 16.7 Å². The lowest BCUT2D eigenvalue weighted by atomic mass is 9.97. The molecule has 0 amide bonds. The smallest absolute Gasteiger partial charge is 0.154 e. The lowest BCUT2D eigenvalue weighted by molar-refractivity contribution is 0.415. The molecule has 0 aliphatic carbocycles. The van der Waals surface area contributed by atoms with Gasteiger partial charge in [0.1, 0.15) is 11.5 Å². The van der Waals surface area contributed by atoms with Crippen LogP contribution in [-0.2, 0) is 0 Å². The molecular formula is C24H18N4O. The highest BCUT2D eigenvalue weighted by atomic mass is 16.5. The Kier molecular flexibility index (Phi) is 4.26. The first-order valence-corrected chi connectivity index (χ1v) is 9.33. The highest BCUT2D eigenvalue weighted by molar-refractivity contribution is 6.21. The summed E-state index contributed by atoms with van der Waals surface area (Å²) in [6.07, 6.45) is 3.58. The zero-order valence-electron chi connectivity index (χ0n) is 15.8. The first-order valence-electron chi connectivity index (χ1n) is 9.33. The average molecular weight is 378 g/mol. The van der Waals surface area contributed by atoms with E-state index in [0.717, 1.165) is 44.6 Å². The molecule has 29 heavy (non-hydrogen) atoms. The predicted octanol–water partition coefficient (Wildman–Crippen LogP) is 4.68. The summed E-state index contributed by atoms with van der Waals surface area (Å²) in [7, 11) is 1.66. The molecule has 1 N–H and O–H groups in total. The summed E-state index contributed by atoms with van der Waals surface area (Å²) in [5.41, 5.74) is 7.70. The molecule has 5 nitrogen and oxygen atoms in total. The minimum absolute atomic E-state index is 0.684. The predicted molar refractivity (Wildman–Crippen MR) is 116 cm³/mol. The van der Waals surface area contributed by atoms with Gasteiger partial charge in [0.05, 0.1) is 12.8 Å². The largest absolute Gasteiger partial charge is 0.497 e. The molecule has 1 aromatic heterocycles. The van der Waals surface area contributed by atoms with E-state index in [1.165, 1.54) is 0 Å². The summed E-state index contributed by atoms with van der Waals surface area (Å²) in [6, 6.07) is 24.1. The van der Waals surface area contributed by atoms with Gasteiger partial charge in [-0.25, -0.2) is 4.99 Å². The van der Waals surface area contributed by atoms with E-state index in [0.29, 0.717) is 5.84 Å².